The van der Waals surface area contributed by atoms with Gasteiger partial charge in [0.25, 0.3) is 0 Å². The summed E-state index contributed by atoms with van der Waals surface area (Å²) in [5, 5.41) is 0. The maximum absolute atomic E-state index is 2.35. The van der Waals surface area contributed by atoms with Crippen molar-refractivity contribution in [2.75, 3.05) is 0 Å². The average molecular weight is 196 g/mol. The Morgan fingerprint density at radius 2 is 0.714 bits per heavy atom. The first-order valence-electron chi connectivity index (χ1n) is 6.58. The fourth-order valence-corrected chi connectivity index (χ4v) is 2.98. The molecule has 4 atom stereocenters. The van der Waals surface area contributed by atoms with E-state index >= 15 is 0 Å². The molecule has 0 heteroatoms. The molecular weight excluding hydrogens is 168 g/mol. The van der Waals surface area contributed by atoms with Crippen LogP contribution in [0.25, 0.3) is 0 Å². The highest BCUT2D eigenvalue weighted by Gasteiger charge is 2.16. The lowest BCUT2D eigenvalue weighted by molar-refractivity contribution is 0.555. The van der Waals surface area contributed by atoms with Crippen molar-refractivity contribution in [1.29, 1.82) is 0 Å². The van der Waals surface area contributed by atoms with E-state index in [0.717, 1.165) is 23.7 Å². The van der Waals surface area contributed by atoms with Crippen LogP contribution < -0.4 is 0 Å². The van der Waals surface area contributed by atoms with Gasteiger partial charge in [-0.3, -0.25) is 0 Å². The van der Waals surface area contributed by atoms with Crippen LogP contribution in [0.4, 0.5) is 0 Å². The Hall–Kier alpha value is 0. The maximum Gasteiger partial charge on any atom is -0.0440 e. The van der Waals surface area contributed by atoms with E-state index in [9.17, 15) is 0 Å². The molecule has 0 aromatic heterocycles. The van der Waals surface area contributed by atoms with Gasteiger partial charge in [0, 0.05) is 0 Å². The Morgan fingerprint density at radius 1 is 0.500 bits per heavy atom. The van der Waals surface area contributed by atoms with E-state index in [-0.39, 0.29) is 0 Å². The van der Waals surface area contributed by atoms with E-state index in [0.29, 0.717) is 0 Å². The zero-order chi connectivity index (χ0) is 10.6. The Morgan fingerprint density at radius 3 is 0.786 bits per heavy atom. The van der Waals surface area contributed by atoms with Crippen molar-refractivity contribution in [3.8, 4) is 0 Å². The van der Waals surface area contributed by atoms with Gasteiger partial charge in [-0.2, -0.15) is 0 Å². The first-order valence-corrected chi connectivity index (χ1v) is 6.58. The van der Waals surface area contributed by atoms with Crippen molar-refractivity contribution in [1.82, 2.24) is 0 Å². The summed E-state index contributed by atoms with van der Waals surface area (Å²) in [5.41, 5.74) is 0. The molecule has 2 saturated carbocycles. The molecule has 0 saturated heterocycles. The number of hydrogen-bond acceptors (Lipinski definition) is 0. The van der Waals surface area contributed by atoms with E-state index in [4.69, 9.17) is 0 Å². The summed E-state index contributed by atoms with van der Waals surface area (Å²) in [6.07, 6.45) is 8.84. The summed E-state index contributed by atoms with van der Waals surface area (Å²) in [6.45, 7) is 9.40. The Kier molecular flexibility index (Phi) is 4.98. The third kappa shape index (κ3) is 4.48. The first-order chi connectivity index (χ1) is 6.58. The van der Waals surface area contributed by atoms with E-state index in [1.54, 1.807) is 0 Å². The third-order valence-electron chi connectivity index (χ3n) is 3.91. The smallest absolute Gasteiger partial charge is 0.0440 e. The van der Waals surface area contributed by atoms with Gasteiger partial charge in [-0.1, -0.05) is 53.4 Å². The molecule has 0 amide bonds. The summed E-state index contributed by atoms with van der Waals surface area (Å²) in [6, 6.07) is 0. The standard InChI is InChI=1S/2C7H14/c2*1-6-3-4-7(2)5-6/h2*6-7H,3-5H2,1-2H3/t2*6-,7-/m00/s1. The number of rotatable bonds is 0. The lowest BCUT2D eigenvalue weighted by Gasteiger charge is -1.96. The second kappa shape index (κ2) is 5.78. The fourth-order valence-electron chi connectivity index (χ4n) is 2.98. The van der Waals surface area contributed by atoms with Crippen LogP contribution in [0.5, 0.6) is 0 Å². The summed E-state index contributed by atoms with van der Waals surface area (Å²) >= 11 is 0. The van der Waals surface area contributed by atoms with Crippen molar-refractivity contribution in [3.63, 3.8) is 0 Å². The van der Waals surface area contributed by atoms with Gasteiger partial charge in [0.05, 0.1) is 0 Å². The topological polar surface area (TPSA) is 0 Å². The zero-order valence-electron chi connectivity index (χ0n) is 10.6. The average Bonchev–Trinajstić information content (AvgIpc) is 2.63. The molecule has 2 rings (SSSR count). The second-order valence-corrected chi connectivity index (χ2v) is 6.05. The van der Waals surface area contributed by atoms with Gasteiger partial charge in [-0.05, 0) is 36.5 Å². The van der Waals surface area contributed by atoms with Crippen molar-refractivity contribution >= 4 is 0 Å². The molecule has 84 valence electrons. The van der Waals surface area contributed by atoms with Gasteiger partial charge in [-0.15, -0.1) is 0 Å². The van der Waals surface area contributed by atoms with Gasteiger partial charge in [0.2, 0.25) is 0 Å². The molecular formula is C14H28. The van der Waals surface area contributed by atoms with Crippen LogP contribution in [-0.4, -0.2) is 0 Å². The van der Waals surface area contributed by atoms with E-state index < -0.39 is 0 Å². The second-order valence-electron chi connectivity index (χ2n) is 6.05. The number of hydrogen-bond donors (Lipinski definition) is 0. The molecule has 14 heavy (non-hydrogen) atoms. The van der Waals surface area contributed by atoms with Gasteiger partial charge in [0.1, 0.15) is 0 Å². The monoisotopic (exact) mass is 196 g/mol. The molecule has 0 N–H and O–H groups in total. The summed E-state index contributed by atoms with van der Waals surface area (Å²) in [7, 11) is 0. The molecule has 2 fully saturated rings. The van der Waals surface area contributed by atoms with Crippen molar-refractivity contribution in [2.45, 2.75) is 66.2 Å². The normalized spacial score (nSPS) is 42.0. The van der Waals surface area contributed by atoms with Crippen LogP contribution in [-0.2, 0) is 0 Å². The summed E-state index contributed by atoms with van der Waals surface area (Å²) < 4.78 is 0. The molecule has 0 spiro atoms. The lowest BCUT2D eigenvalue weighted by Crippen LogP contribution is -1.84. The predicted octanol–water partition coefficient (Wildman–Crippen LogP) is 4.89. The largest absolute Gasteiger partial charge is 0.0625 e. The van der Waals surface area contributed by atoms with Crippen LogP contribution in [0.1, 0.15) is 66.2 Å². The molecule has 0 nitrogen and oxygen atoms in total. The van der Waals surface area contributed by atoms with Crippen LogP contribution in [0.15, 0.2) is 0 Å². The minimum absolute atomic E-state index is 1.02. The van der Waals surface area contributed by atoms with Crippen LogP contribution >= 0.6 is 0 Å². The predicted molar refractivity (Wildman–Crippen MR) is 64.4 cm³/mol. The quantitative estimate of drug-likeness (QED) is 0.518. The third-order valence-corrected chi connectivity index (χ3v) is 3.91. The first kappa shape index (κ1) is 12.1. The van der Waals surface area contributed by atoms with E-state index in [2.05, 4.69) is 27.7 Å². The van der Waals surface area contributed by atoms with Gasteiger partial charge >= 0.3 is 0 Å². The Bertz CT molecular complexity index is 116. The van der Waals surface area contributed by atoms with Gasteiger partial charge < -0.3 is 0 Å². The summed E-state index contributed by atoms with van der Waals surface area (Å²) in [4.78, 5) is 0. The van der Waals surface area contributed by atoms with Crippen molar-refractivity contribution in [2.24, 2.45) is 23.7 Å². The van der Waals surface area contributed by atoms with Crippen LogP contribution in [0.2, 0.25) is 0 Å². The molecule has 2 aliphatic carbocycles. The van der Waals surface area contributed by atoms with Gasteiger partial charge in [0.15, 0.2) is 0 Å². The molecule has 0 aromatic rings. The zero-order valence-corrected chi connectivity index (χ0v) is 10.6. The highest BCUT2D eigenvalue weighted by atomic mass is 14.2. The van der Waals surface area contributed by atoms with Crippen LogP contribution in [0, 0.1) is 23.7 Å². The van der Waals surface area contributed by atoms with E-state index in [1.807, 2.05) is 0 Å². The molecule has 0 bridgehead atoms. The molecule has 2 aliphatic rings. The SMILES string of the molecule is C[C@H]1CC[C@H](C)C1.C[C@H]1CC[C@H](C)C1. The highest BCUT2D eigenvalue weighted by molar-refractivity contribution is 4.68. The molecule has 0 heterocycles. The van der Waals surface area contributed by atoms with Crippen molar-refractivity contribution in [3.05, 3.63) is 0 Å². The summed E-state index contributed by atoms with van der Waals surface area (Å²) in [5.74, 6) is 4.09. The highest BCUT2D eigenvalue weighted by Crippen LogP contribution is 2.29. The minimum Gasteiger partial charge on any atom is -0.0625 e. The Balaban J connectivity index is 0.000000140. The van der Waals surface area contributed by atoms with E-state index in [1.165, 1.54) is 38.5 Å². The fraction of sp³-hybridized carbons (Fsp3) is 1.00. The molecule has 0 unspecified atom stereocenters. The Labute approximate surface area is 90.5 Å². The van der Waals surface area contributed by atoms with Gasteiger partial charge in [-0.25, -0.2) is 0 Å². The van der Waals surface area contributed by atoms with Crippen molar-refractivity contribution < 1.29 is 0 Å². The molecule has 0 aromatic carbocycles. The van der Waals surface area contributed by atoms with Crippen LogP contribution in [0.3, 0.4) is 0 Å². The molecule has 0 aliphatic heterocycles. The lowest BCUT2D eigenvalue weighted by atomic mass is 10.1. The molecule has 0 radical (unpaired) electrons. The maximum atomic E-state index is 2.35. The minimum atomic E-state index is 1.02.